The van der Waals surface area contributed by atoms with Crippen molar-refractivity contribution in [3.05, 3.63) is 30.3 Å². The van der Waals surface area contributed by atoms with Gasteiger partial charge in [-0.3, -0.25) is 9.80 Å². The second-order valence-corrected chi connectivity index (χ2v) is 5.39. The molecule has 1 atom stereocenters. The molecular formula is C15H17N3O3. The van der Waals surface area contributed by atoms with Crippen molar-refractivity contribution in [1.29, 1.82) is 0 Å². The summed E-state index contributed by atoms with van der Waals surface area (Å²) in [6.45, 7) is 0.435. The van der Waals surface area contributed by atoms with E-state index in [2.05, 4.69) is 5.10 Å². The van der Waals surface area contributed by atoms with Crippen LogP contribution in [0.25, 0.3) is 0 Å². The predicted molar refractivity (Wildman–Crippen MR) is 77.6 cm³/mol. The van der Waals surface area contributed by atoms with E-state index >= 15 is 0 Å². The molecule has 1 saturated carbocycles. The molecule has 1 unspecified atom stereocenters. The fraction of sp³-hybridized carbons (Fsp3) is 0.400. The lowest BCUT2D eigenvalue weighted by Gasteiger charge is -2.20. The Labute approximate surface area is 122 Å². The molecule has 0 bridgehead atoms. The zero-order valence-corrected chi connectivity index (χ0v) is 11.6. The van der Waals surface area contributed by atoms with E-state index in [1.54, 1.807) is 0 Å². The van der Waals surface area contributed by atoms with Gasteiger partial charge in [0.2, 0.25) is 5.91 Å². The molecule has 1 aliphatic heterocycles. The molecular weight excluding hydrogens is 270 g/mol. The van der Waals surface area contributed by atoms with Gasteiger partial charge in [0.1, 0.15) is 11.8 Å². The molecule has 0 radical (unpaired) electrons. The number of benzene rings is 1. The molecule has 1 aromatic carbocycles. The second kappa shape index (κ2) is 5.55. The first-order chi connectivity index (χ1) is 10.1. The maximum Gasteiger partial charge on any atom is 0.354 e. The lowest BCUT2D eigenvalue weighted by Crippen LogP contribution is -2.39. The van der Waals surface area contributed by atoms with E-state index in [4.69, 9.17) is 10.5 Å². The molecule has 0 spiro atoms. The number of carbonyl (C=O) groups is 2. The molecule has 6 heteroatoms. The van der Waals surface area contributed by atoms with Crippen LogP contribution in [-0.2, 0) is 14.3 Å². The van der Waals surface area contributed by atoms with Crippen LogP contribution in [0.2, 0.25) is 0 Å². The summed E-state index contributed by atoms with van der Waals surface area (Å²) in [6.07, 6.45) is 2.41. The first-order valence-corrected chi connectivity index (χ1v) is 7.03. The van der Waals surface area contributed by atoms with Crippen LogP contribution in [0, 0.1) is 5.92 Å². The lowest BCUT2D eigenvalue weighted by molar-refractivity contribution is -0.136. The summed E-state index contributed by atoms with van der Waals surface area (Å²) in [5.74, 6) is -0.465. The summed E-state index contributed by atoms with van der Waals surface area (Å²) in [6, 6.07) is 8.54. The van der Waals surface area contributed by atoms with Gasteiger partial charge in [-0.25, -0.2) is 4.79 Å². The van der Waals surface area contributed by atoms with Crippen molar-refractivity contribution in [3.63, 3.8) is 0 Å². The van der Waals surface area contributed by atoms with Crippen molar-refractivity contribution < 1.29 is 14.3 Å². The normalized spacial score (nSPS) is 21.0. The van der Waals surface area contributed by atoms with E-state index in [0.29, 0.717) is 12.5 Å². The summed E-state index contributed by atoms with van der Waals surface area (Å²) < 4.78 is 5.21. The zero-order valence-electron chi connectivity index (χ0n) is 11.6. The van der Waals surface area contributed by atoms with Gasteiger partial charge in [-0.15, -0.1) is 0 Å². The fourth-order valence-electron chi connectivity index (χ4n) is 2.24. The maximum absolute atomic E-state index is 12.0. The quantitative estimate of drug-likeness (QED) is 0.821. The molecule has 6 nitrogen and oxygen atoms in total. The molecule has 3 rings (SSSR count). The highest BCUT2D eigenvalue weighted by Crippen LogP contribution is 2.29. The molecule has 21 heavy (non-hydrogen) atoms. The molecule has 110 valence electrons. The van der Waals surface area contributed by atoms with Crippen LogP contribution >= 0.6 is 0 Å². The summed E-state index contributed by atoms with van der Waals surface area (Å²) >= 11 is 0. The number of carbonyl (C=O) groups excluding carboxylic acids is 2. The first-order valence-electron chi connectivity index (χ1n) is 7.03. The average Bonchev–Trinajstić information content (AvgIpc) is 3.21. The number of anilines is 1. The van der Waals surface area contributed by atoms with Crippen LogP contribution in [0.4, 0.5) is 5.69 Å². The highest BCUT2D eigenvalue weighted by atomic mass is 16.5. The van der Waals surface area contributed by atoms with Crippen LogP contribution in [0.3, 0.4) is 0 Å². The van der Waals surface area contributed by atoms with Crippen molar-refractivity contribution in [2.45, 2.75) is 25.3 Å². The molecule has 1 amide bonds. The molecule has 0 saturated heterocycles. The van der Waals surface area contributed by atoms with Gasteiger partial charge in [0.15, 0.2) is 0 Å². The standard InChI is InChI=1S/C15H17N3O3/c16-14(19)13-8-12(15(20)21-9-10-6-7-10)17-18(13)11-4-2-1-3-5-11/h1-5,10,13H,6-9H2,(H2,16,19). The van der Waals surface area contributed by atoms with Crippen molar-refractivity contribution >= 4 is 23.3 Å². The van der Waals surface area contributed by atoms with Crippen LogP contribution < -0.4 is 10.7 Å². The third kappa shape index (κ3) is 3.04. The number of para-hydroxylation sites is 1. The number of amides is 1. The van der Waals surface area contributed by atoms with Crippen LogP contribution in [0.15, 0.2) is 35.4 Å². The number of hydrogen-bond acceptors (Lipinski definition) is 5. The summed E-state index contributed by atoms with van der Waals surface area (Å²) in [7, 11) is 0. The Morgan fingerprint density at radius 3 is 2.62 bits per heavy atom. The number of rotatable bonds is 5. The van der Waals surface area contributed by atoms with Crippen molar-refractivity contribution in [3.8, 4) is 0 Å². The third-order valence-electron chi connectivity index (χ3n) is 3.64. The number of hydrazone groups is 1. The Kier molecular flexibility index (Phi) is 3.60. The molecule has 1 aliphatic carbocycles. The molecule has 1 heterocycles. The summed E-state index contributed by atoms with van der Waals surface area (Å²) in [5.41, 5.74) is 6.40. The minimum absolute atomic E-state index is 0.188. The van der Waals surface area contributed by atoms with Gasteiger partial charge in [0.25, 0.3) is 0 Å². The average molecular weight is 287 g/mol. The van der Waals surface area contributed by atoms with Gasteiger partial charge in [-0.1, -0.05) is 18.2 Å². The number of ether oxygens (including phenoxy) is 1. The Hall–Kier alpha value is -2.37. The van der Waals surface area contributed by atoms with Gasteiger partial charge in [-0.05, 0) is 30.9 Å². The van der Waals surface area contributed by atoms with Crippen LogP contribution in [-0.4, -0.2) is 30.2 Å². The molecule has 1 aromatic rings. The van der Waals surface area contributed by atoms with E-state index in [0.717, 1.165) is 18.5 Å². The van der Waals surface area contributed by atoms with Gasteiger partial charge < -0.3 is 10.5 Å². The van der Waals surface area contributed by atoms with Crippen LogP contribution in [0.1, 0.15) is 19.3 Å². The van der Waals surface area contributed by atoms with Crippen LogP contribution in [0.5, 0.6) is 0 Å². The highest BCUT2D eigenvalue weighted by Gasteiger charge is 2.36. The van der Waals surface area contributed by atoms with Crippen molar-refractivity contribution in [2.24, 2.45) is 16.8 Å². The fourth-order valence-corrected chi connectivity index (χ4v) is 2.24. The number of nitrogens with two attached hydrogens (primary N) is 1. The monoisotopic (exact) mass is 287 g/mol. The van der Waals surface area contributed by atoms with E-state index < -0.39 is 17.9 Å². The van der Waals surface area contributed by atoms with E-state index in [1.807, 2.05) is 30.3 Å². The van der Waals surface area contributed by atoms with E-state index in [1.165, 1.54) is 5.01 Å². The van der Waals surface area contributed by atoms with Gasteiger partial charge in [-0.2, -0.15) is 5.10 Å². The number of primary amides is 1. The maximum atomic E-state index is 12.0. The minimum atomic E-state index is -0.643. The third-order valence-corrected chi connectivity index (χ3v) is 3.64. The Morgan fingerprint density at radius 1 is 1.29 bits per heavy atom. The number of hydrogen-bond donors (Lipinski definition) is 1. The Balaban J connectivity index is 1.75. The zero-order chi connectivity index (χ0) is 14.8. The predicted octanol–water partition coefficient (Wildman–Crippen LogP) is 1.06. The highest BCUT2D eigenvalue weighted by molar-refractivity contribution is 6.38. The topological polar surface area (TPSA) is 85.0 Å². The van der Waals surface area contributed by atoms with Gasteiger partial charge in [0, 0.05) is 6.42 Å². The van der Waals surface area contributed by atoms with Gasteiger partial charge >= 0.3 is 5.97 Å². The van der Waals surface area contributed by atoms with Gasteiger partial charge in [0.05, 0.1) is 12.3 Å². The largest absolute Gasteiger partial charge is 0.461 e. The van der Waals surface area contributed by atoms with Crippen molar-refractivity contribution in [2.75, 3.05) is 11.6 Å². The molecule has 0 aromatic heterocycles. The Morgan fingerprint density at radius 2 is 2.00 bits per heavy atom. The SMILES string of the molecule is NC(=O)C1CC(C(=O)OCC2CC2)=NN1c1ccccc1. The lowest BCUT2D eigenvalue weighted by atomic mass is 10.1. The minimum Gasteiger partial charge on any atom is -0.461 e. The summed E-state index contributed by atoms with van der Waals surface area (Å²) in [5, 5.41) is 5.73. The molecule has 1 fully saturated rings. The molecule has 2 N–H and O–H groups in total. The van der Waals surface area contributed by atoms with E-state index in [-0.39, 0.29) is 12.1 Å². The molecule has 2 aliphatic rings. The summed E-state index contributed by atoms with van der Waals surface area (Å²) in [4.78, 5) is 23.6. The Bertz CT molecular complexity index is 581. The first kappa shape index (κ1) is 13.6. The van der Waals surface area contributed by atoms with E-state index in [9.17, 15) is 9.59 Å². The number of esters is 1. The van der Waals surface area contributed by atoms with Crippen molar-refractivity contribution in [1.82, 2.24) is 0 Å². The number of nitrogens with zero attached hydrogens (tertiary/aromatic N) is 2. The second-order valence-electron chi connectivity index (χ2n) is 5.39. The smallest absolute Gasteiger partial charge is 0.354 e.